The Morgan fingerprint density at radius 3 is 2.79 bits per heavy atom. The van der Waals surface area contributed by atoms with Crippen LogP contribution in [0.2, 0.25) is 5.02 Å². The first kappa shape index (κ1) is 23.5. The molecule has 34 heavy (non-hydrogen) atoms. The van der Waals surface area contributed by atoms with E-state index in [9.17, 15) is 19.3 Å². The smallest absolute Gasteiger partial charge is 0.310 e. The van der Waals surface area contributed by atoms with Gasteiger partial charge in [-0.05, 0) is 46.3 Å². The van der Waals surface area contributed by atoms with Crippen LogP contribution in [0.3, 0.4) is 0 Å². The van der Waals surface area contributed by atoms with Crippen LogP contribution in [0.5, 0.6) is 5.75 Å². The maximum Gasteiger partial charge on any atom is 0.310 e. The first-order valence-corrected chi connectivity index (χ1v) is 10.9. The van der Waals surface area contributed by atoms with Gasteiger partial charge in [0.05, 0.1) is 15.9 Å². The fraction of sp³-hybridized carbons (Fsp3) is 0.0909. The summed E-state index contributed by atoms with van der Waals surface area (Å²) < 4.78 is 26.9. The van der Waals surface area contributed by atoms with E-state index >= 15 is 0 Å². The van der Waals surface area contributed by atoms with E-state index in [-0.39, 0.29) is 46.8 Å². The molecule has 174 valence electrons. The second-order valence-corrected chi connectivity index (χ2v) is 8.22. The topological polar surface area (TPSA) is 112 Å². The van der Waals surface area contributed by atoms with Crippen molar-refractivity contribution in [2.24, 2.45) is 0 Å². The van der Waals surface area contributed by atoms with Gasteiger partial charge in [0.2, 0.25) is 0 Å². The molecule has 4 aromatic rings. The van der Waals surface area contributed by atoms with Crippen LogP contribution in [-0.2, 0) is 13.2 Å². The number of aromatic nitrogens is 2. The van der Waals surface area contributed by atoms with Crippen LogP contribution in [0.4, 0.5) is 15.9 Å². The van der Waals surface area contributed by atoms with E-state index in [0.29, 0.717) is 10.2 Å². The predicted molar refractivity (Wildman–Crippen MR) is 125 cm³/mol. The number of ether oxygens (including phenoxy) is 1. The number of benzene rings is 2. The predicted octanol–water partition coefficient (Wildman–Crippen LogP) is 5.82. The number of nitrogens with one attached hydrogen (secondary N) is 1. The van der Waals surface area contributed by atoms with E-state index in [4.69, 9.17) is 20.8 Å². The minimum absolute atomic E-state index is 0.0141. The molecular formula is C22H15BrClFN4O5. The molecule has 0 atom stereocenters. The highest BCUT2D eigenvalue weighted by atomic mass is 79.9. The number of carbonyl (C=O) groups is 1. The molecule has 9 nitrogen and oxygen atoms in total. The summed E-state index contributed by atoms with van der Waals surface area (Å²) >= 11 is 9.38. The second kappa shape index (κ2) is 10.1. The van der Waals surface area contributed by atoms with Crippen LogP contribution < -0.4 is 10.1 Å². The zero-order chi connectivity index (χ0) is 24.2. The number of hydrogen-bond donors (Lipinski definition) is 1. The number of carbonyl (C=O) groups excluding carboxylic acids is 1. The summed E-state index contributed by atoms with van der Waals surface area (Å²) in [4.78, 5) is 23.1. The SMILES string of the molecule is O=C(Nc1nn(Cc2c(F)cccc2Cl)cc1Br)c1ccc(COc2ccccc2[N+](=O)[O-])o1. The molecule has 0 aliphatic carbocycles. The second-order valence-electron chi connectivity index (χ2n) is 6.96. The number of furan rings is 1. The van der Waals surface area contributed by atoms with Crippen LogP contribution in [0, 0.1) is 15.9 Å². The first-order valence-electron chi connectivity index (χ1n) is 9.74. The van der Waals surface area contributed by atoms with Crippen molar-refractivity contribution in [1.29, 1.82) is 0 Å². The Kier molecular flexibility index (Phi) is 6.94. The molecule has 0 unspecified atom stereocenters. The van der Waals surface area contributed by atoms with Crippen molar-refractivity contribution >= 4 is 44.9 Å². The summed E-state index contributed by atoms with van der Waals surface area (Å²) in [6.45, 7) is -0.0479. The minimum Gasteiger partial charge on any atom is -0.479 e. The summed E-state index contributed by atoms with van der Waals surface area (Å²) in [5.41, 5.74) is 0.0931. The van der Waals surface area contributed by atoms with E-state index in [2.05, 4.69) is 26.3 Å². The molecule has 0 bridgehead atoms. The van der Waals surface area contributed by atoms with Gasteiger partial charge in [0.1, 0.15) is 18.2 Å². The maximum absolute atomic E-state index is 14.0. The first-order chi connectivity index (χ1) is 16.3. The van der Waals surface area contributed by atoms with Crippen molar-refractivity contribution < 1.29 is 23.3 Å². The monoisotopic (exact) mass is 548 g/mol. The van der Waals surface area contributed by atoms with Crippen molar-refractivity contribution in [2.45, 2.75) is 13.2 Å². The van der Waals surface area contributed by atoms with E-state index in [0.717, 1.165) is 0 Å². The minimum atomic E-state index is -0.577. The van der Waals surface area contributed by atoms with Crippen molar-refractivity contribution in [3.63, 3.8) is 0 Å². The van der Waals surface area contributed by atoms with Crippen LogP contribution in [0.25, 0.3) is 0 Å². The zero-order valence-electron chi connectivity index (χ0n) is 17.2. The van der Waals surface area contributed by atoms with Crippen LogP contribution in [0.1, 0.15) is 21.9 Å². The third-order valence-corrected chi connectivity index (χ3v) is 5.58. The Morgan fingerprint density at radius 2 is 2.03 bits per heavy atom. The van der Waals surface area contributed by atoms with Gasteiger partial charge in [0, 0.05) is 22.8 Å². The lowest BCUT2D eigenvalue weighted by molar-refractivity contribution is -0.386. The van der Waals surface area contributed by atoms with Gasteiger partial charge in [0.15, 0.2) is 17.3 Å². The normalized spacial score (nSPS) is 10.8. The third kappa shape index (κ3) is 5.26. The molecule has 2 aromatic carbocycles. The Labute approximate surface area is 205 Å². The Bertz CT molecular complexity index is 1350. The number of hydrogen-bond acceptors (Lipinski definition) is 6. The van der Waals surface area contributed by atoms with Crippen molar-refractivity contribution in [3.05, 3.63) is 103 Å². The summed E-state index contributed by atoms with van der Waals surface area (Å²) in [7, 11) is 0. The third-order valence-electron chi connectivity index (χ3n) is 4.65. The number of nitrogens with zero attached hydrogens (tertiary/aromatic N) is 3. The Morgan fingerprint density at radius 1 is 1.24 bits per heavy atom. The molecule has 4 rings (SSSR count). The Balaban J connectivity index is 1.41. The number of nitro benzene ring substituents is 1. The lowest BCUT2D eigenvalue weighted by atomic mass is 10.2. The molecule has 0 fully saturated rings. The van der Waals surface area contributed by atoms with Gasteiger partial charge in [0.25, 0.3) is 5.91 Å². The van der Waals surface area contributed by atoms with Crippen LogP contribution >= 0.6 is 27.5 Å². The lowest BCUT2D eigenvalue weighted by Crippen LogP contribution is -2.12. The molecule has 0 aliphatic heterocycles. The van der Waals surface area contributed by atoms with E-state index in [1.165, 1.54) is 47.1 Å². The van der Waals surface area contributed by atoms with Crippen molar-refractivity contribution in [3.8, 4) is 5.75 Å². The summed E-state index contributed by atoms with van der Waals surface area (Å²) in [6.07, 6.45) is 1.58. The van der Waals surface area contributed by atoms with Crippen molar-refractivity contribution in [2.75, 3.05) is 5.32 Å². The quantitative estimate of drug-likeness (QED) is 0.219. The van der Waals surface area contributed by atoms with Gasteiger partial charge in [-0.1, -0.05) is 29.8 Å². The molecular weight excluding hydrogens is 535 g/mol. The van der Waals surface area contributed by atoms with E-state index in [1.54, 1.807) is 18.3 Å². The molecule has 0 saturated carbocycles. The number of halogens is 3. The number of para-hydroxylation sites is 2. The number of amides is 1. The molecule has 1 amide bonds. The highest BCUT2D eigenvalue weighted by Gasteiger charge is 2.18. The standard InChI is InChI=1S/C22H15BrClFN4O5/c23-15-11-28(10-14-16(24)4-3-5-17(14)25)27-21(15)26-22(30)20-9-8-13(34-20)12-33-19-7-2-1-6-18(19)29(31)32/h1-9,11H,10,12H2,(H,26,27,30). The van der Waals surface area contributed by atoms with E-state index < -0.39 is 16.6 Å². The Hall–Kier alpha value is -3.70. The molecule has 2 heterocycles. The average Bonchev–Trinajstić information content (AvgIpc) is 3.42. The van der Waals surface area contributed by atoms with Gasteiger partial charge >= 0.3 is 5.69 Å². The maximum atomic E-state index is 14.0. The lowest BCUT2D eigenvalue weighted by Gasteiger charge is -2.06. The fourth-order valence-electron chi connectivity index (χ4n) is 3.03. The fourth-order valence-corrected chi connectivity index (χ4v) is 3.67. The highest BCUT2D eigenvalue weighted by molar-refractivity contribution is 9.10. The summed E-state index contributed by atoms with van der Waals surface area (Å²) in [5.74, 6) is -0.476. The van der Waals surface area contributed by atoms with Crippen LogP contribution in [-0.4, -0.2) is 20.6 Å². The zero-order valence-corrected chi connectivity index (χ0v) is 19.5. The van der Waals surface area contributed by atoms with Gasteiger partial charge < -0.3 is 14.5 Å². The van der Waals surface area contributed by atoms with Crippen molar-refractivity contribution in [1.82, 2.24) is 9.78 Å². The largest absolute Gasteiger partial charge is 0.479 e. The average molecular weight is 550 g/mol. The van der Waals surface area contributed by atoms with Gasteiger partial charge in [-0.25, -0.2) is 4.39 Å². The molecule has 0 spiro atoms. The molecule has 12 heteroatoms. The molecule has 0 aliphatic rings. The summed E-state index contributed by atoms with van der Waals surface area (Å²) in [6, 6.07) is 13.3. The van der Waals surface area contributed by atoms with Gasteiger partial charge in [-0.2, -0.15) is 5.10 Å². The number of nitro groups is 1. The number of anilines is 1. The highest BCUT2D eigenvalue weighted by Crippen LogP contribution is 2.27. The molecule has 0 radical (unpaired) electrons. The molecule has 0 saturated heterocycles. The van der Waals surface area contributed by atoms with Crippen LogP contribution in [0.15, 0.2) is 69.7 Å². The summed E-state index contributed by atoms with van der Waals surface area (Å²) in [5, 5.41) is 18.2. The van der Waals surface area contributed by atoms with E-state index in [1.807, 2.05) is 0 Å². The number of rotatable bonds is 8. The molecule has 1 N–H and O–H groups in total. The molecule has 2 aromatic heterocycles. The van der Waals surface area contributed by atoms with Gasteiger partial charge in [-0.3, -0.25) is 19.6 Å². The van der Waals surface area contributed by atoms with Gasteiger partial charge in [-0.15, -0.1) is 0 Å².